The molecule has 1 aromatic heterocycles. The lowest BCUT2D eigenvalue weighted by atomic mass is 10.0. The second-order valence-electron chi connectivity index (χ2n) is 7.17. The summed E-state index contributed by atoms with van der Waals surface area (Å²) >= 11 is 7.77. The van der Waals surface area contributed by atoms with E-state index in [0.29, 0.717) is 15.9 Å². The van der Waals surface area contributed by atoms with E-state index in [4.69, 9.17) is 16.3 Å². The first-order valence-electron chi connectivity index (χ1n) is 10.1. The van der Waals surface area contributed by atoms with Gasteiger partial charge in [0, 0.05) is 12.1 Å². The fourth-order valence-electron chi connectivity index (χ4n) is 3.49. The van der Waals surface area contributed by atoms with Crippen LogP contribution in [0.5, 0.6) is 5.75 Å². The first-order chi connectivity index (χ1) is 15.0. The Labute approximate surface area is 190 Å². The topological polar surface area (TPSA) is 81.1 Å². The van der Waals surface area contributed by atoms with E-state index in [0.717, 1.165) is 29.9 Å². The summed E-state index contributed by atoms with van der Waals surface area (Å²) in [5, 5.41) is 12.2. The quantitative estimate of drug-likeness (QED) is 0.568. The van der Waals surface area contributed by atoms with Crippen molar-refractivity contribution in [2.24, 2.45) is 0 Å². The van der Waals surface area contributed by atoms with Crippen molar-refractivity contribution in [1.82, 2.24) is 14.9 Å². The molecule has 0 spiro atoms. The fraction of sp³-hybridized carbons (Fsp3) is 0.318. The molecule has 3 aromatic rings. The molecular formula is C22H24ClN5O2S. The minimum Gasteiger partial charge on any atom is -0.495 e. The number of anilines is 1. The van der Waals surface area contributed by atoms with Gasteiger partial charge in [0.25, 0.3) is 0 Å². The van der Waals surface area contributed by atoms with E-state index in [1.54, 1.807) is 7.11 Å². The van der Waals surface area contributed by atoms with Crippen LogP contribution in [0.15, 0.2) is 47.6 Å². The van der Waals surface area contributed by atoms with Crippen LogP contribution in [-0.4, -0.2) is 33.1 Å². The largest absolute Gasteiger partial charge is 0.495 e. The van der Waals surface area contributed by atoms with Gasteiger partial charge < -0.3 is 15.5 Å². The van der Waals surface area contributed by atoms with E-state index < -0.39 is 5.25 Å². The van der Waals surface area contributed by atoms with E-state index in [2.05, 4.69) is 27.9 Å². The van der Waals surface area contributed by atoms with Gasteiger partial charge in [-0.3, -0.25) is 4.79 Å². The summed E-state index contributed by atoms with van der Waals surface area (Å²) in [4.78, 5) is 13.3. The molecule has 2 atom stereocenters. The van der Waals surface area contributed by atoms with Gasteiger partial charge in [0.2, 0.25) is 11.1 Å². The summed E-state index contributed by atoms with van der Waals surface area (Å²) in [5.41, 5.74) is 6.28. The number of halogens is 1. The molecule has 1 aliphatic rings. The number of aryl methyl sites for hydroxylation is 2. The van der Waals surface area contributed by atoms with Gasteiger partial charge in [-0.2, -0.15) is 0 Å². The number of ether oxygens (including phenoxy) is 1. The third-order valence-electron chi connectivity index (χ3n) is 5.24. The molecule has 7 nitrogen and oxygen atoms in total. The van der Waals surface area contributed by atoms with Crippen molar-refractivity contribution in [3.8, 4) is 5.75 Å². The molecule has 0 saturated carbocycles. The van der Waals surface area contributed by atoms with Crippen LogP contribution in [0.25, 0.3) is 0 Å². The van der Waals surface area contributed by atoms with Gasteiger partial charge in [0.05, 0.1) is 18.2 Å². The summed E-state index contributed by atoms with van der Waals surface area (Å²) in [6.45, 7) is 4.12. The third kappa shape index (κ3) is 4.36. The lowest BCUT2D eigenvalue weighted by molar-refractivity contribution is -0.116. The van der Waals surface area contributed by atoms with Crippen LogP contribution in [-0.2, 0) is 17.6 Å². The number of aromatic nitrogens is 3. The molecule has 0 fully saturated rings. The first-order valence-corrected chi connectivity index (χ1v) is 11.4. The van der Waals surface area contributed by atoms with Crippen LogP contribution in [0.3, 0.4) is 0 Å². The smallest absolute Gasteiger partial charge is 0.240 e. The van der Waals surface area contributed by atoms with Gasteiger partial charge in [-0.15, -0.1) is 10.2 Å². The Kier molecular flexibility index (Phi) is 6.38. The van der Waals surface area contributed by atoms with Crippen molar-refractivity contribution in [3.05, 3.63) is 64.4 Å². The normalized spacial score (nSPS) is 17.5. The van der Waals surface area contributed by atoms with Crippen LogP contribution >= 0.6 is 23.4 Å². The third-order valence-corrected chi connectivity index (χ3v) is 6.75. The highest BCUT2D eigenvalue weighted by molar-refractivity contribution is 8.00. The van der Waals surface area contributed by atoms with E-state index in [1.165, 1.54) is 17.3 Å². The summed E-state index contributed by atoms with van der Waals surface area (Å²) in [6.07, 6.45) is 1.67. The predicted octanol–water partition coefficient (Wildman–Crippen LogP) is 4.46. The number of hydrogen-bond acceptors (Lipinski definition) is 6. The number of amides is 1. The molecule has 0 radical (unpaired) electrons. The van der Waals surface area contributed by atoms with Crippen molar-refractivity contribution in [3.63, 3.8) is 0 Å². The molecule has 2 aromatic carbocycles. The number of nitrogens with one attached hydrogen (secondary N) is 2. The summed E-state index contributed by atoms with van der Waals surface area (Å²) in [5.74, 6) is 1.28. The second kappa shape index (κ2) is 9.20. The minimum absolute atomic E-state index is 0.119. The average molecular weight is 458 g/mol. The van der Waals surface area contributed by atoms with Crippen LogP contribution < -0.4 is 15.5 Å². The van der Waals surface area contributed by atoms with Crippen molar-refractivity contribution >= 4 is 35.0 Å². The van der Waals surface area contributed by atoms with Crippen molar-refractivity contribution < 1.29 is 9.53 Å². The number of benzene rings is 2. The van der Waals surface area contributed by atoms with Gasteiger partial charge in [-0.25, -0.2) is 4.68 Å². The molecule has 0 unspecified atom stereocenters. The maximum absolute atomic E-state index is 13.3. The monoisotopic (exact) mass is 457 g/mol. The van der Waals surface area contributed by atoms with Crippen molar-refractivity contribution in [2.75, 3.05) is 17.9 Å². The molecule has 162 valence electrons. The molecule has 1 aliphatic heterocycles. The number of thioether (sulfide) groups is 1. The number of carbonyl (C=O) groups excluding carboxylic acids is 1. The molecule has 2 N–H and O–H groups in total. The number of nitrogens with zero attached hydrogens (tertiary/aromatic N) is 3. The lowest BCUT2D eigenvalue weighted by Gasteiger charge is -2.33. The zero-order valence-corrected chi connectivity index (χ0v) is 19.1. The van der Waals surface area contributed by atoms with Crippen LogP contribution in [0, 0.1) is 0 Å². The summed E-state index contributed by atoms with van der Waals surface area (Å²) < 4.78 is 7.13. The maximum Gasteiger partial charge on any atom is 0.240 e. The Hall–Kier alpha value is -2.71. The maximum atomic E-state index is 13.3. The van der Waals surface area contributed by atoms with Crippen LogP contribution in [0.1, 0.15) is 36.8 Å². The SMILES string of the molecule is CCc1ccc(NC(=O)[C@@H]2Sc3nnc(CC)n3N[C@H]2c2ccc(OC)c(Cl)c2)cc1. The molecule has 0 aliphatic carbocycles. The van der Waals surface area contributed by atoms with E-state index >= 15 is 0 Å². The lowest BCUT2D eigenvalue weighted by Crippen LogP contribution is -2.41. The molecule has 2 heterocycles. The van der Waals surface area contributed by atoms with Gasteiger partial charge in [0.15, 0.2) is 5.82 Å². The number of carbonyl (C=O) groups is 1. The number of rotatable bonds is 6. The zero-order chi connectivity index (χ0) is 22.0. The van der Waals surface area contributed by atoms with Crippen LogP contribution in [0.2, 0.25) is 5.02 Å². The highest BCUT2D eigenvalue weighted by Crippen LogP contribution is 2.39. The Balaban J connectivity index is 1.66. The van der Waals surface area contributed by atoms with E-state index in [-0.39, 0.29) is 11.9 Å². The number of hydrogen-bond donors (Lipinski definition) is 2. The number of methoxy groups -OCH3 is 1. The van der Waals surface area contributed by atoms with E-state index in [9.17, 15) is 4.79 Å². The van der Waals surface area contributed by atoms with Gasteiger partial charge in [0.1, 0.15) is 11.0 Å². The molecular weight excluding hydrogens is 434 g/mol. The van der Waals surface area contributed by atoms with Crippen molar-refractivity contribution in [1.29, 1.82) is 0 Å². The fourth-order valence-corrected chi connectivity index (χ4v) is 4.86. The van der Waals surface area contributed by atoms with E-state index in [1.807, 2.05) is 54.1 Å². The average Bonchev–Trinajstić information content (AvgIpc) is 3.20. The Morgan fingerprint density at radius 2 is 1.97 bits per heavy atom. The van der Waals surface area contributed by atoms with Crippen molar-refractivity contribution in [2.45, 2.75) is 43.1 Å². The predicted molar refractivity (Wildman–Crippen MR) is 124 cm³/mol. The second-order valence-corrected chi connectivity index (χ2v) is 8.68. The Morgan fingerprint density at radius 3 is 2.61 bits per heavy atom. The van der Waals surface area contributed by atoms with Gasteiger partial charge in [-0.1, -0.05) is 55.4 Å². The molecule has 4 rings (SSSR count). The zero-order valence-electron chi connectivity index (χ0n) is 17.6. The molecule has 0 bridgehead atoms. The number of fused-ring (bicyclic) bond motifs is 1. The van der Waals surface area contributed by atoms with Gasteiger partial charge in [-0.05, 0) is 41.8 Å². The first kappa shape index (κ1) is 21.5. The summed E-state index contributed by atoms with van der Waals surface area (Å²) in [6, 6.07) is 13.1. The Morgan fingerprint density at radius 1 is 1.19 bits per heavy atom. The molecule has 1 amide bonds. The van der Waals surface area contributed by atoms with Crippen LogP contribution in [0.4, 0.5) is 5.69 Å². The highest BCUT2D eigenvalue weighted by atomic mass is 35.5. The molecule has 31 heavy (non-hydrogen) atoms. The molecule has 9 heteroatoms. The highest BCUT2D eigenvalue weighted by Gasteiger charge is 2.38. The molecule has 0 saturated heterocycles. The van der Waals surface area contributed by atoms with Gasteiger partial charge >= 0.3 is 0 Å². The standard InChI is InChI=1S/C22H24ClN5O2S/c1-4-13-6-9-15(10-7-13)24-21(29)20-19(14-8-11-17(30-3)16(23)12-14)27-28-18(5-2)25-26-22(28)31-20/h6-12,19-20,27H,4-5H2,1-3H3,(H,24,29)/t19-,20+/m0/s1. The summed E-state index contributed by atoms with van der Waals surface area (Å²) in [7, 11) is 1.58. The minimum atomic E-state index is -0.475. The Bertz CT molecular complexity index is 1090.